The third-order valence-electron chi connectivity index (χ3n) is 3.34. The van der Waals surface area contributed by atoms with Crippen LogP contribution < -0.4 is 10.5 Å². The highest BCUT2D eigenvalue weighted by molar-refractivity contribution is 5.64. The predicted molar refractivity (Wildman–Crippen MR) is 85.3 cm³/mol. The van der Waals surface area contributed by atoms with Gasteiger partial charge in [-0.3, -0.25) is 4.98 Å². The second-order valence-electron chi connectivity index (χ2n) is 4.80. The molecule has 0 bridgehead atoms. The molecule has 3 heteroatoms. The number of hydrogen-bond donors (Lipinski definition) is 1. The molecule has 1 heterocycles. The normalized spacial score (nSPS) is 10.3. The van der Waals surface area contributed by atoms with E-state index in [-0.39, 0.29) is 0 Å². The van der Waals surface area contributed by atoms with E-state index in [9.17, 15) is 0 Å². The Bertz CT molecular complexity index is 737. The number of aromatic nitrogens is 1. The van der Waals surface area contributed by atoms with E-state index in [0.717, 1.165) is 17.0 Å². The molecule has 0 spiro atoms. The molecule has 0 amide bonds. The van der Waals surface area contributed by atoms with Crippen molar-refractivity contribution in [2.24, 2.45) is 0 Å². The van der Waals surface area contributed by atoms with Gasteiger partial charge in [-0.25, -0.2) is 0 Å². The predicted octanol–water partition coefficient (Wildman–Crippen LogP) is 4.43. The maximum absolute atomic E-state index is 5.96. The summed E-state index contributed by atoms with van der Waals surface area (Å²) in [7, 11) is 0. The van der Waals surface area contributed by atoms with Crippen LogP contribution in [0.25, 0.3) is 11.1 Å². The number of nitrogens with two attached hydrogens (primary N) is 1. The van der Waals surface area contributed by atoms with E-state index in [1.54, 1.807) is 12.3 Å². The number of aryl methyl sites for hydroxylation is 1. The van der Waals surface area contributed by atoms with Crippen LogP contribution in [0.3, 0.4) is 0 Å². The van der Waals surface area contributed by atoms with E-state index in [2.05, 4.69) is 17.1 Å². The number of ether oxygens (including phenoxy) is 1. The van der Waals surface area contributed by atoms with Crippen molar-refractivity contribution in [2.75, 3.05) is 5.73 Å². The Kier molecular flexibility index (Phi) is 3.56. The van der Waals surface area contributed by atoms with Gasteiger partial charge in [-0.15, -0.1) is 0 Å². The molecular formula is C18H16N2O. The number of nitrogen functional groups attached to an aromatic ring is 1. The Hall–Kier alpha value is -2.81. The third kappa shape index (κ3) is 2.87. The number of pyridine rings is 1. The zero-order valence-corrected chi connectivity index (χ0v) is 11.8. The van der Waals surface area contributed by atoms with Crippen molar-refractivity contribution >= 4 is 5.69 Å². The van der Waals surface area contributed by atoms with E-state index in [1.807, 2.05) is 49.4 Å². The molecule has 3 nitrogen and oxygen atoms in total. The van der Waals surface area contributed by atoms with Crippen LogP contribution in [0.4, 0.5) is 5.69 Å². The van der Waals surface area contributed by atoms with Gasteiger partial charge in [0.2, 0.25) is 0 Å². The van der Waals surface area contributed by atoms with E-state index in [4.69, 9.17) is 10.5 Å². The zero-order valence-electron chi connectivity index (χ0n) is 11.8. The zero-order chi connectivity index (χ0) is 14.7. The van der Waals surface area contributed by atoms with Gasteiger partial charge in [0.05, 0.1) is 11.4 Å². The molecule has 0 atom stereocenters. The highest BCUT2D eigenvalue weighted by Crippen LogP contribution is 2.29. The first-order chi connectivity index (χ1) is 10.2. The van der Waals surface area contributed by atoms with Gasteiger partial charge in [0.1, 0.15) is 5.75 Å². The fourth-order valence-electron chi connectivity index (χ4n) is 2.12. The summed E-state index contributed by atoms with van der Waals surface area (Å²) in [6.45, 7) is 1.86. The summed E-state index contributed by atoms with van der Waals surface area (Å²) in [6.07, 6.45) is 1.69. The Morgan fingerprint density at radius 3 is 2.24 bits per heavy atom. The highest BCUT2D eigenvalue weighted by atomic mass is 16.5. The summed E-state index contributed by atoms with van der Waals surface area (Å²) in [5.41, 5.74) is 9.65. The van der Waals surface area contributed by atoms with Gasteiger partial charge in [0.25, 0.3) is 0 Å². The molecule has 2 aromatic carbocycles. The van der Waals surface area contributed by atoms with Gasteiger partial charge in [-0.1, -0.05) is 42.5 Å². The van der Waals surface area contributed by atoms with Crippen LogP contribution in [0.1, 0.15) is 5.69 Å². The van der Waals surface area contributed by atoms with Crippen molar-refractivity contribution < 1.29 is 4.74 Å². The van der Waals surface area contributed by atoms with Crippen LogP contribution in [-0.4, -0.2) is 4.98 Å². The van der Waals surface area contributed by atoms with Gasteiger partial charge < -0.3 is 10.5 Å². The fourth-order valence-corrected chi connectivity index (χ4v) is 2.12. The van der Waals surface area contributed by atoms with Crippen LogP contribution >= 0.6 is 0 Å². The van der Waals surface area contributed by atoms with Crippen LogP contribution in [0.15, 0.2) is 66.9 Å². The number of hydrogen-bond acceptors (Lipinski definition) is 3. The van der Waals surface area contributed by atoms with E-state index in [1.165, 1.54) is 5.56 Å². The Labute approximate surface area is 124 Å². The van der Waals surface area contributed by atoms with Crippen molar-refractivity contribution in [2.45, 2.75) is 6.92 Å². The molecule has 0 fully saturated rings. The lowest BCUT2D eigenvalue weighted by Gasteiger charge is -2.10. The summed E-state index contributed by atoms with van der Waals surface area (Å²) in [5, 5.41) is 0. The van der Waals surface area contributed by atoms with Crippen molar-refractivity contribution in [3.63, 3.8) is 0 Å². The standard InChI is InChI=1S/C18H16N2O/c1-13-18(19)17(11-12-20-13)21-16-9-7-15(8-10-16)14-5-3-2-4-6-14/h2-12H,19H2,1H3. The molecule has 104 valence electrons. The highest BCUT2D eigenvalue weighted by Gasteiger charge is 2.05. The second kappa shape index (κ2) is 5.67. The monoisotopic (exact) mass is 276 g/mol. The van der Waals surface area contributed by atoms with E-state index in [0.29, 0.717) is 11.4 Å². The molecule has 0 unspecified atom stereocenters. The van der Waals surface area contributed by atoms with Gasteiger partial charge in [-0.05, 0) is 30.2 Å². The Morgan fingerprint density at radius 1 is 0.857 bits per heavy atom. The molecule has 1 aromatic heterocycles. The quantitative estimate of drug-likeness (QED) is 0.769. The van der Waals surface area contributed by atoms with Crippen molar-refractivity contribution in [1.29, 1.82) is 0 Å². The van der Waals surface area contributed by atoms with Crippen molar-refractivity contribution in [3.8, 4) is 22.6 Å². The van der Waals surface area contributed by atoms with E-state index < -0.39 is 0 Å². The molecule has 0 aliphatic rings. The number of anilines is 1. The first-order valence-electron chi connectivity index (χ1n) is 6.78. The Morgan fingerprint density at radius 2 is 1.52 bits per heavy atom. The third-order valence-corrected chi connectivity index (χ3v) is 3.34. The molecule has 3 aromatic rings. The lowest BCUT2D eigenvalue weighted by Crippen LogP contribution is -1.96. The SMILES string of the molecule is Cc1nccc(Oc2ccc(-c3ccccc3)cc2)c1N. The van der Waals surface area contributed by atoms with Gasteiger partial charge >= 0.3 is 0 Å². The van der Waals surface area contributed by atoms with Crippen LogP contribution in [0.2, 0.25) is 0 Å². The molecule has 0 radical (unpaired) electrons. The average molecular weight is 276 g/mol. The van der Waals surface area contributed by atoms with E-state index >= 15 is 0 Å². The summed E-state index contributed by atoms with van der Waals surface area (Å²) < 4.78 is 5.82. The topological polar surface area (TPSA) is 48.1 Å². The van der Waals surface area contributed by atoms with Crippen molar-refractivity contribution in [1.82, 2.24) is 4.98 Å². The smallest absolute Gasteiger partial charge is 0.153 e. The minimum Gasteiger partial charge on any atom is -0.455 e. The lowest BCUT2D eigenvalue weighted by atomic mass is 10.1. The minimum atomic E-state index is 0.574. The molecular weight excluding hydrogens is 260 g/mol. The fraction of sp³-hybridized carbons (Fsp3) is 0.0556. The lowest BCUT2D eigenvalue weighted by molar-refractivity contribution is 0.484. The number of benzene rings is 2. The molecule has 0 aliphatic heterocycles. The molecule has 21 heavy (non-hydrogen) atoms. The van der Waals surface area contributed by atoms with Gasteiger partial charge in [-0.2, -0.15) is 0 Å². The van der Waals surface area contributed by atoms with Crippen LogP contribution in [0, 0.1) is 6.92 Å². The van der Waals surface area contributed by atoms with Gasteiger partial charge in [0.15, 0.2) is 5.75 Å². The molecule has 0 saturated heterocycles. The number of nitrogens with zero attached hydrogens (tertiary/aromatic N) is 1. The largest absolute Gasteiger partial charge is 0.455 e. The second-order valence-corrected chi connectivity index (χ2v) is 4.80. The minimum absolute atomic E-state index is 0.574. The summed E-state index contributed by atoms with van der Waals surface area (Å²) in [5.74, 6) is 1.39. The van der Waals surface area contributed by atoms with Crippen LogP contribution in [-0.2, 0) is 0 Å². The summed E-state index contributed by atoms with van der Waals surface area (Å²) >= 11 is 0. The molecule has 3 rings (SSSR count). The summed E-state index contributed by atoms with van der Waals surface area (Å²) in [4.78, 5) is 4.13. The van der Waals surface area contributed by atoms with Crippen molar-refractivity contribution in [3.05, 3.63) is 72.6 Å². The summed E-state index contributed by atoms with van der Waals surface area (Å²) in [6, 6.07) is 20.0. The first kappa shape index (κ1) is 13.2. The first-order valence-corrected chi connectivity index (χ1v) is 6.78. The number of rotatable bonds is 3. The van der Waals surface area contributed by atoms with Gasteiger partial charge in [0, 0.05) is 12.3 Å². The molecule has 2 N–H and O–H groups in total. The maximum atomic E-state index is 5.96. The molecule has 0 saturated carbocycles. The average Bonchev–Trinajstić information content (AvgIpc) is 2.53. The maximum Gasteiger partial charge on any atom is 0.153 e. The Balaban J connectivity index is 1.83. The van der Waals surface area contributed by atoms with Crippen LogP contribution in [0.5, 0.6) is 11.5 Å². The molecule has 0 aliphatic carbocycles.